The molecule has 0 amide bonds. The van der Waals surface area contributed by atoms with E-state index in [1.807, 2.05) is 0 Å². The average Bonchev–Trinajstić information content (AvgIpc) is 2.43. The summed E-state index contributed by atoms with van der Waals surface area (Å²) in [5.41, 5.74) is 3.62. The van der Waals surface area contributed by atoms with E-state index in [1.54, 1.807) is 12.1 Å². The molecule has 0 radical (unpaired) electrons. The highest BCUT2D eigenvalue weighted by molar-refractivity contribution is 6.28. The standard InChI is InChI=1S/C15H8F3NO2/c16-15(17,18)11-5-9-10(6-12(11)19)14(21)8-4-2-1-3-7(8)13(9)20/h1-6H,19H2. The van der Waals surface area contributed by atoms with Crippen LogP contribution in [0.3, 0.4) is 0 Å². The van der Waals surface area contributed by atoms with Crippen molar-refractivity contribution in [3.8, 4) is 0 Å². The summed E-state index contributed by atoms with van der Waals surface area (Å²) < 4.78 is 38.6. The first kappa shape index (κ1) is 13.4. The maximum Gasteiger partial charge on any atom is 0.418 e. The lowest BCUT2D eigenvalue weighted by Gasteiger charge is -2.20. The third kappa shape index (κ3) is 1.91. The molecule has 1 aliphatic rings. The monoisotopic (exact) mass is 291 g/mol. The molecular formula is C15H8F3NO2. The molecule has 0 unspecified atom stereocenters. The summed E-state index contributed by atoms with van der Waals surface area (Å²) in [4.78, 5) is 24.6. The smallest absolute Gasteiger partial charge is 0.398 e. The second-order valence-corrected chi connectivity index (χ2v) is 4.69. The molecule has 3 nitrogen and oxygen atoms in total. The van der Waals surface area contributed by atoms with Crippen LogP contribution in [-0.4, -0.2) is 11.6 Å². The lowest BCUT2D eigenvalue weighted by molar-refractivity contribution is -0.136. The van der Waals surface area contributed by atoms with Crippen LogP contribution in [0.15, 0.2) is 36.4 Å². The number of carbonyl (C=O) groups is 2. The van der Waals surface area contributed by atoms with Crippen LogP contribution in [-0.2, 0) is 6.18 Å². The Morgan fingerprint density at radius 2 is 1.29 bits per heavy atom. The van der Waals surface area contributed by atoms with E-state index in [4.69, 9.17) is 5.73 Å². The van der Waals surface area contributed by atoms with Crippen LogP contribution in [0.25, 0.3) is 0 Å². The van der Waals surface area contributed by atoms with Crippen molar-refractivity contribution in [3.63, 3.8) is 0 Å². The van der Waals surface area contributed by atoms with Gasteiger partial charge >= 0.3 is 6.18 Å². The molecule has 0 aromatic heterocycles. The van der Waals surface area contributed by atoms with Gasteiger partial charge in [-0.15, -0.1) is 0 Å². The van der Waals surface area contributed by atoms with Crippen molar-refractivity contribution in [2.75, 3.05) is 5.73 Å². The van der Waals surface area contributed by atoms with E-state index < -0.39 is 29.0 Å². The van der Waals surface area contributed by atoms with Crippen LogP contribution in [0, 0.1) is 0 Å². The summed E-state index contributed by atoms with van der Waals surface area (Å²) in [6, 6.07) is 7.60. The summed E-state index contributed by atoms with van der Waals surface area (Å²) in [6.45, 7) is 0. The minimum Gasteiger partial charge on any atom is -0.398 e. The number of rotatable bonds is 0. The maximum atomic E-state index is 12.9. The summed E-state index contributed by atoms with van der Waals surface area (Å²) in [7, 11) is 0. The van der Waals surface area contributed by atoms with E-state index in [1.165, 1.54) is 12.1 Å². The van der Waals surface area contributed by atoms with Gasteiger partial charge in [0.15, 0.2) is 11.6 Å². The normalized spacial score (nSPS) is 13.9. The Balaban J connectivity index is 2.29. The Morgan fingerprint density at radius 3 is 1.76 bits per heavy atom. The molecule has 2 aromatic carbocycles. The minimum atomic E-state index is -4.68. The molecule has 1 aliphatic carbocycles. The molecule has 0 bridgehead atoms. The molecule has 0 saturated carbocycles. The van der Waals surface area contributed by atoms with E-state index in [-0.39, 0.29) is 22.3 Å². The summed E-state index contributed by atoms with van der Waals surface area (Å²) in [5, 5.41) is 0. The highest BCUT2D eigenvalue weighted by Crippen LogP contribution is 2.38. The molecule has 0 atom stereocenters. The third-order valence-corrected chi connectivity index (χ3v) is 3.40. The number of halogens is 3. The van der Waals surface area contributed by atoms with Gasteiger partial charge in [0.2, 0.25) is 0 Å². The Labute approximate surface area is 117 Å². The van der Waals surface area contributed by atoms with Gasteiger partial charge in [0.25, 0.3) is 0 Å². The second kappa shape index (κ2) is 4.18. The molecule has 2 aromatic rings. The molecule has 3 rings (SSSR count). The Kier molecular flexibility index (Phi) is 2.66. The molecule has 2 N–H and O–H groups in total. The zero-order valence-corrected chi connectivity index (χ0v) is 10.5. The number of hydrogen-bond donors (Lipinski definition) is 1. The fourth-order valence-corrected chi connectivity index (χ4v) is 2.41. The first-order valence-electron chi connectivity index (χ1n) is 6.00. The Bertz CT molecular complexity index is 794. The van der Waals surface area contributed by atoms with E-state index >= 15 is 0 Å². The van der Waals surface area contributed by atoms with E-state index in [0.717, 1.165) is 6.07 Å². The quantitative estimate of drug-likeness (QED) is 0.647. The van der Waals surface area contributed by atoms with E-state index in [2.05, 4.69) is 0 Å². The van der Waals surface area contributed by atoms with Gasteiger partial charge in [-0.3, -0.25) is 9.59 Å². The van der Waals surface area contributed by atoms with Gasteiger partial charge in [-0.05, 0) is 12.1 Å². The molecule has 106 valence electrons. The number of nitrogen functional groups attached to an aromatic ring is 1. The number of ketones is 2. The SMILES string of the molecule is Nc1cc2c(cc1C(F)(F)F)C(=O)c1ccccc1C2=O. The largest absolute Gasteiger partial charge is 0.418 e. The van der Waals surface area contributed by atoms with Gasteiger partial charge in [-0.25, -0.2) is 0 Å². The van der Waals surface area contributed by atoms with Crippen molar-refractivity contribution >= 4 is 17.3 Å². The molecule has 0 heterocycles. The van der Waals surface area contributed by atoms with Crippen LogP contribution >= 0.6 is 0 Å². The van der Waals surface area contributed by atoms with Crippen molar-refractivity contribution in [2.45, 2.75) is 6.18 Å². The zero-order chi connectivity index (χ0) is 15.4. The van der Waals surface area contributed by atoms with Crippen LogP contribution in [0.4, 0.5) is 18.9 Å². The van der Waals surface area contributed by atoms with Gasteiger partial charge in [0.05, 0.1) is 5.56 Å². The molecule has 21 heavy (non-hydrogen) atoms. The molecule has 0 aliphatic heterocycles. The van der Waals surface area contributed by atoms with Gasteiger partial charge in [0.1, 0.15) is 0 Å². The maximum absolute atomic E-state index is 12.9. The van der Waals surface area contributed by atoms with Crippen molar-refractivity contribution < 1.29 is 22.8 Å². The van der Waals surface area contributed by atoms with Gasteiger partial charge < -0.3 is 5.73 Å². The number of nitrogens with two attached hydrogens (primary N) is 1. The molecule has 6 heteroatoms. The highest BCUT2D eigenvalue weighted by atomic mass is 19.4. The first-order valence-corrected chi connectivity index (χ1v) is 6.00. The van der Waals surface area contributed by atoms with Crippen molar-refractivity contribution in [2.24, 2.45) is 0 Å². The van der Waals surface area contributed by atoms with Crippen molar-refractivity contribution in [1.82, 2.24) is 0 Å². The van der Waals surface area contributed by atoms with Crippen LogP contribution < -0.4 is 5.73 Å². The summed E-state index contributed by atoms with van der Waals surface area (Å²) in [5.74, 6) is -1.11. The number of carbonyl (C=O) groups excluding carboxylic acids is 2. The van der Waals surface area contributed by atoms with Crippen LogP contribution in [0.2, 0.25) is 0 Å². The fourth-order valence-electron chi connectivity index (χ4n) is 2.41. The average molecular weight is 291 g/mol. The Hall–Kier alpha value is -2.63. The molecule has 0 saturated heterocycles. The molecule has 0 spiro atoms. The number of alkyl halides is 3. The van der Waals surface area contributed by atoms with Gasteiger partial charge in [-0.2, -0.15) is 13.2 Å². The van der Waals surface area contributed by atoms with E-state index in [9.17, 15) is 22.8 Å². The Morgan fingerprint density at radius 1 is 0.810 bits per heavy atom. The third-order valence-electron chi connectivity index (χ3n) is 3.40. The van der Waals surface area contributed by atoms with Crippen LogP contribution in [0.1, 0.15) is 37.4 Å². The van der Waals surface area contributed by atoms with Gasteiger partial charge in [0, 0.05) is 27.9 Å². The molecule has 0 fully saturated rings. The minimum absolute atomic E-state index is 0.0933. The number of fused-ring (bicyclic) bond motifs is 2. The van der Waals surface area contributed by atoms with Gasteiger partial charge in [-0.1, -0.05) is 24.3 Å². The summed E-state index contributed by atoms with van der Waals surface area (Å²) in [6.07, 6.45) is -4.68. The lowest BCUT2D eigenvalue weighted by atomic mass is 9.83. The second-order valence-electron chi connectivity index (χ2n) is 4.69. The topological polar surface area (TPSA) is 60.2 Å². The lowest BCUT2D eigenvalue weighted by Crippen LogP contribution is -2.23. The zero-order valence-electron chi connectivity index (χ0n) is 10.5. The van der Waals surface area contributed by atoms with Crippen molar-refractivity contribution in [1.29, 1.82) is 0 Å². The van der Waals surface area contributed by atoms with Crippen molar-refractivity contribution in [3.05, 3.63) is 64.2 Å². The number of anilines is 1. The highest BCUT2D eigenvalue weighted by Gasteiger charge is 2.37. The van der Waals surface area contributed by atoms with Crippen LogP contribution in [0.5, 0.6) is 0 Å². The predicted molar refractivity (Wildman–Crippen MR) is 69.2 cm³/mol. The molecular weight excluding hydrogens is 283 g/mol. The predicted octanol–water partition coefficient (Wildman–Crippen LogP) is 3.06. The van der Waals surface area contributed by atoms with E-state index in [0.29, 0.717) is 6.07 Å². The number of benzene rings is 2. The number of hydrogen-bond acceptors (Lipinski definition) is 3. The first-order chi connectivity index (χ1) is 9.80. The fraction of sp³-hybridized carbons (Fsp3) is 0.0667. The summed E-state index contributed by atoms with van der Waals surface area (Å²) >= 11 is 0.